The van der Waals surface area contributed by atoms with Crippen LogP contribution in [-0.4, -0.2) is 14.5 Å². The van der Waals surface area contributed by atoms with Crippen LogP contribution in [0.4, 0.5) is 0 Å². The van der Waals surface area contributed by atoms with Gasteiger partial charge >= 0.3 is 0 Å². The lowest BCUT2D eigenvalue weighted by Gasteiger charge is -2.11. The fourth-order valence-corrected chi connectivity index (χ4v) is 8.09. The number of nitrogens with zero attached hydrogens (tertiary/aromatic N) is 3. The van der Waals surface area contributed by atoms with E-state index in [2.05, 4.69) is 156 Å². The summed E-state index contributed by atoms with van der Waals surface area (Å²) in [5, 5.41) is 4.72. The fraction of sp³-hybridized carbons (Fsp3) is 0. The molecule has 3 heterocycles. The maximum absolute atomic E-state index is 6.38. The van der Waals surface area contributed by atoms with Crippen LogP contribution >= 0.6 is 0 Å². The summed E-state index contributed by atoms with van der Waals surface area (Å²) < 4.78 is 8.76. The van der Waals surface area contributed by atoms with Crippen molar-refractivity contribution >= 4 is 43.7 Å². The minimum Gasteiger partial charge on any atom is -0.455 e. The van der Waals surface area contributed by atoms with Crippen molar-refractivity contribution in [2.45, 2.75) is 0 Å². The second-order valence-corrected chi connectivity index (χ2v) is 14.2. The summed E-state index contributed by atoms with van der Waals surface area (Å²) in [7, 11) is 0. The summed E-state index contributed by atoms with van der Waals surface area (Å²) in [5.41, 5.74) is 14.6. The number of furan rings is 1. The van der Waals surface area contributed by atoms with E-state index in [1.54, 1.807) is 0 Å². The number of para-hydroxylation sites is 3. The van der Waals surface area contributed by atoms with Crippen LogP contribution in [-0.2, 0) is 0 Å². The fourth-order valence-electron chi connectivity index (χ4n) is 8.09. The third kappa shape index (κ3) is 5.39. The minimum atomic E-state index is 0.701. The van der Waals surface area contributed by atoms with Crippen LogP contribution in [0.15, 0.2) is 205 Å². The van der Waals surface area contributed by atoms with Crippen LogP contribution in [0.5, 0.6) is 0 Å². The maximum atomic E-state index is 6.38. The van der Waals surface area contributed by atoms with Crippen molar-refractivity contribution in [3.05, 3.63) is 200 Å². The van der Waals surface area contributed by atoms with Crippen molar-refractivity contribution in [1.29, 1.82) is 0 Å². The molecule has 56 heavy (non-hydrogen) atoms. The highest BCUT2D eigenvalue weighted by Gasteiger charge is 2.16. The van der Waals surface area contributed by atoms with Gasteiger partial charge in [0.05, 0.1) is 22.4 Å². The molecule has 0 amide bonds. The van der Waals surface area contributed by atoms with E-state index in [0.717, 1.165) is 83.5 Å². The highest BCUT2D eigenvalue weighted by Crippen LogP contribution is 2.38. The molecular formula is C52H33N3O. The van der Waals surface area contributed by atoms with Gasteiger partial charge in [-0.2, -0.15) is 0 Å². The first-order valence-electron chi connectivity index (χ1n) is 18.9. The van der Waals surface area contributed by atoms with E-state index in [1.165, 1.54) is 16.3 Å². The number of hydrogen-bond acceptors (Lipinski definition) is 3. The molecule has 0 unspecified atom stereocenters. The summed E-state index contributed by atoms with van der Waals surface area (Å²) in [5.74, 6) is 0.701. The molecule has 262 valence electrons. The number of aromatic nitrogens is 3. The first-order chi connectivity index (χ1) is 27.7. The Kier molecular flexibility index (Phi) is 7.46. The molecular weight excluding hydrogens is 683 g/mol. The topological polar surface area (TPSA) is 43.9 Å². The second kappa shape index (κ2) is 13.1. The van der Waals surface area contributed by atoms with Gasteiger partial charge in [0.2, 0.25) is 0 Å². The molecule has 8 aromatic carbocycles. The first kappa shape index (κ1) is 31.9. The smallest absolute Gasteiger partial charge is 0.160 e. The van der Waals surface area contributed by atoms with Crippen LogP contribution in [0.1, 0.15) is 0 Å². The Balaban J connectivity index is 0.978. The summed E-state index contributed by atoms with van der Waals surface area (Å²) >= 11 is 0. The van der Waals surface area contributed by atoms with Crippen molar-refractivity contribution in [2.75, 3.05) is 0 Å². The van der Waals surface area contributed by atoms with Crippen LogP contribution in [0.25, 0.3) is 106 Å². The molecule has 0 aliphatic carbocycles. The Morgan fingerprint density at radius 1 is 0.357 bits per heavy atom. The average molecular weight is 716 g/mol. The van der Waals surface area contributed by atoms with Gasteiger partial charge in [-0.15, -0.1) is 0 Å². The molecule has 0 spiro atoms. The molecule has 0 aliphatic heterocycles. The normalized spacial score (nSPS) is 11.6. The predicted molar refractivity (Wildman–Crippen MR) is 231 cm³/mol. The van der Waals surface area contributed by atoms with E-state index in [4.69, 9.17) is 14.4 Å². The van der Waals surface area contributed by atoms with Crippen molar-refractivity contribution in [1.82, 2.24) is 14.5 Å². The number of hydrogen-bond donors (Lipinski definition) is 0. The van der Waals surface area contributed by atoms with Crippen LogP contribution in [0.3, 0.4) is 0 Å². The zero-order valence-electron chi connectivity index (χ0n) is 30.3. The molecule has 0 saturated heterocycles. The number of benzene rings is 8. The molecule has 0 bridgehead atoms. The van der Waals surface area contributed by atoms with Gasteiger partial charge in [-0.05, 0) is 53.1 Å². The Labute approximate surface area is 323 Å². The summed E-state index contributed by atoms with van der Waals surface area (Å²) in [4.78, 5) is 10.1. The zero-order valence-corrected chi connectivity index (χ0v) is 30.3. The molecule has 0 aliphatic rings. The monoisotopic (exact) mass is 715 g/mol. The van der Waals surface area contributed by atoms with E-state index in [1.807, 2.05) is 48.5 Å². The quantitative estimate of drug-likeness (QED) is 0.172. The van der Waals surface area contributed by atoms with Crippen molar-refractivity contribution < 1.29 is 4.42 Å². The zero-order chi connectivity index (χ0) is 37.0. The average Bonchev–Trinajstić information content (AvgIpc) is 3.83. The molecule has 11 rings (SSSR count). The molecule has 0 atom stereocenters. The SMILES string of the molecule is c1ccc(-c2cc(-c3ccccc3)nc(-c3ccc(-c4ccc5c6ccccc6n(-c6ccc(-c7cccc8c7oc7ccccc78)cc6)c5c4)cc3)n2)cc1. The van der Waals surface area contributed by atoms with Gasteiger partial charge in [0.1, 0.15) is 11.2 Å². The first-order valence-corrected chi connectivity index (χ1v) is 18.9. The highest BCUT2D eigenvalue weighted by atomic mass is 16.3. The standard InChI is InChI=1S/C52H33N3O/c1-3-12-36(13-4-1)46-33-47(37-14-5-2-6-15-37)54-52(53-46)38-24-22-34(23-25-38)39-28-31-43-42-16-7-9-20-48(42)55(49(43)32-39)40-29-26-35(27-30-40)41-18-11-19-45-44-17-8-10-21-50(44)56-51(41)45/h1-33H. The van der Waals surface area contributed by atoms with Gasteiger partial charge in [0.25, 0.3) is 0 Å². The van der Waals surface area contributed by atoms with Crippen LogP contribution in [0.2, 0.25) is 0 Å². The van der Waals surface area contributed by atoms with Gasteiger partial charge < -0.3 is 8.98 Å². The third-order valence-electron chi connectivity index (χ3n) is 10.9. The molecule has 3 aromatic heterocycles. The lowest BCUT2D eigenvalue weighted by atomic mass is 10.0. The number of fused-ring (bicyclic) bond motifs is 6. The van der Waals surface area contributed by atoms with Gasteiger partial charge in [-0.1, -0.05) is 164 Å². The van der Waals surface area contributed by atoms with E-state index < -0.39 is 0 Å². The summed E-state index contributed by atoms with van der Waals surface area (Å²) in [6.45, 7) is 0. The lowest BCUT2D eigenvalue weighted by molar-refractivity contribution is 0.670. The maximum Gasteiger partial charge on any atom is 0.160 e. The van der Waals surface area contributed by atoms with Gasteiger partial charge in [0.15, 0.2) is 5.82 Å². The highest BCUT2D eigenvalue weighted by molar-refractivity contribution is 6.11. The van der Waals surface area contributed by atoms with Crippen molar-refractivity contribution in [2.24, 2.45) is 0 Å². The lowest BCUT2D eigenvalue weighted by Crippen LogP contribution is -1.96. The molecule has 4 heteroatoms. The van der Waals surface area contributed by atoms with Gasteiger partial charge in [-0.3, -0.25) is 0 Å². The van der Waals surface area contributed by atoms with Gasteiger partial charge in [-0.25, -0.2) is 9.97 Å². The molecule has 0 saturated carbocycles. The summed E-state index contributed by atoms with van der Waals surface area (Å²) in [6, 6.07) is 70.3. The minimum absolute atomic E-state index is 0.701. The van der Waals surface area contributed by atoms with E-state index in [-0.39, 0.29) is 0 Å². The third-order valence-corrected chi connectivity index (χ3v) is 10.9. The van der Waals surface area contributed by atoms with Gasteiger partial charge in [0, 0.05) is 49.5 Å². The molecule has 0 fully saturated rings. The Morgan fingerprint density at radius 2 is 0.929 bits per heavy atom. The summed E-state index contributed by atoms with van der Waals surface area (Å²) in [6.07, 6.45) is 0. The Bertz CT molecular complexity index is 3160. The molecule has 0 radical (unpaired) electrons. The predicted octanol–water partition coefficient (Wildman–Crippen LogP) is 13.8. The van der Waals surface area contributed by atoms with E-state index in [0.29, 0.717) is 5.82 Å². The largest absolute Gasteiger partial charge is 0.455 e. The Morgan fingerprint density at radius 3 is 1.66 bits per heavy atom. The molecule has 0 N–H and O–H groups in total. The van der Waals surface area contributed by atoms with E-state index >= 15 is 0 Å². The van der Waals surface area contributed by atoms with Crippen LogP contribution < -0.4 is 0 Å². The van der Waals surface area contributed by atoms with Crippen molar-refractivity contribution in [3.63, 3.8) is 0 Å². The van der Waals surface area contributed by atoms with Crippen molar-refractivity contribution in [3.8, 4) is 61.8 Å². The molecule has 11 aromatic rings. The number of rotatable bonds is 6. The molecule has 4 nitrogen and oxygen atoms in total. The Hall–Kier alpha value is -7.56. The van der Waals surface area contributed by atoms with Crippen LogP contribution in [0, 0.1) is 0 Å². The van der Waals surface area contributed by atoms with E-state index in [9.17, 15) is 0 Å². The second-order valence-electron chi connectivity index (χ2n) is 14.2.